The van der Waals surface area contributed by atoms with E-state index in [0.717, 1.165) is 31.9 Å². The first-order chi connectivity index (χ1) is 10.1. The molecule has 1 aliphatic heterocycles. The van der Waals surface area contributed by atoms with E-state index in [1.807, 2.05) is 17.2 Å². The second kappa shape index (κ2) is 7.72. The molecular weight excluding hydrogens is 290 g/mol. The molecule has 0 unspecified atom stereocenters. The maximum absolute atomic E-state index is 12.1. The summed E-state index contributed by atoms with van der Waals surface area (Å²) in [5.41, 5.74) is 0.968. The first-order valence-electron chi connectivity index (χ1n) is 7.37. The van der Waals surface area contributed by atoms with Gasteiger partial charge < -0.3 is 14.6 Å². The molecule has 1 aromatic heterocycles. The normalized spacial score (nSPS) is 16.4. The molecule has 1 fully saturated rings. The summed E-state index contributed by atoms with van der Waals surface area (Å²) in [5, 5.41) is 10.7. The molecule has 0 saturated carbocycles. The summed E-state index contributed by atoms with van der Waals surface area (Å²) in [4.78, 5) is 27.8. The van der Waals surface area contributed by atoms with Gasteiger partial charge in [-0.3, -0.25) is 14.5 Å². The molecule has 1 aliphatic rings. The minimum Gasteiger partial charge on any atom is -0.395 e. The molecule has 21 heavy (non-hydrogen) atoms. The summed E-state index contributed by atoms with van der Waals surface area (Å²) in [7, 11) is 0. The molecule has 6 nitrogen and oxygen atoms in total. The fraction of sp³-hybridized carbons (Fsp3) is 0.714. The molecule has 0 aromatic carbocycles. The highest BCUT2D eigenvalue weighted by atomic mass is 32.1. The number of nitrogens with zero attached hydrogens (tertiary/aromatic N) is 3. The summed E-state index contributed by atoms with van der Waals surface area (Å²) in [6.45, 7) is 6.51. The molecule has 7 heteroatoms. The van der Waals surface area contributed by atoms with Crippen molar-refractivity contribution in [1.29, 1.82) is 0 Å². The first kappa shape index (κ1) is 16.2. The Bertz CT molecular complexity index is 518. The third kappa shape index (κ3) is 4.39. The van der Waals surface area contributed by atoms with Gasteiger partial charge in [0.15, 0.2) is 0 Å². The topological polar surface area (TPSA) is 65.8 Å². The van der Waals surface area contributed by atoms with Crippen molar-refractivity contribution in [1.82, 2.24) is 14.4 Å². The zero-order valence-corrected chi connectivity index (χ0v) is 13.3. The Morgan fingerprint density at radius 3 is 2.57 bits per heavy atom. The molecule has 1 amide bonds. The third-order valence-electron chi connectivity index (χ3n) is 3.89. The molecule has 118 valence electrons. The van der Waals surface area contributed by atoms with Crippen LogP contribution in [0.1, 0.15) is 18.5 Å². The van der Waals surface area contributed by atoms with E-state index in [9.17, 15) is 9.59 Å². The Kier molecular flexibility index (Phi) is 5.96. The Labute approximate surface area is 128 Å². The number of amides is 1. The molecule has 0 bridgehead atoms. The molecule has 1 saturated heterocycles. The van der Waals surface area contributed by atoms with Crippen LogP contribution in [0.3, 0.4) is 0 Å². The number of thiazole rings is 1. The van der Waals surface area contributed by atoms with E-state index < -0.39 is 0 Å². The average Bonchev–Trinajstić information content (AvgIpc) is 2.80. The molecule has 2 rings (SSSR count). The van der Waals surface area contributed by atoms with Crippen molar-refractivity contribution in [3.8, 4) is 0 Å². The lowest BCUT2D eigenvalue weighted by atomic mass is 10.2. The van der Waals surface area contributed by atoms with Crippen LogP contribution < -0.4 is 4.87 Å². The van der Waals surface area contributed by atoms with E-state index in [1.165, 1.54) is 11.3 Å². The number of hydrogen-bond donors (Lipinski definition) is 1. The number of carbonyl (C=O) groups is 1. The minimum atomic E-state index is 0.0533. The van der Waals surface area contributed by atoms with Crippen LogP contribution in [0.4, 0.5) is 0 Å². The quantitative estimate of drug-likeness (QED) is 0.811. The number of aliphatic hydroxyl groups is 1. The Morgan fingerprint density at radius 2 is 2.00 bits per heavy atom. The van der Waals surface area contributed by atoms with Crippen LogP contribution in [0.15, 0.2) is 10.2 Å². The number of aryl methyl sites for hydroxylation is 1. The van der Waals surface area contributed by atoms with Crippen molar-refractivity contribution in [2.24, 2.45) is 0 Å². The van der Waals surface area contributed by atoms with Gasteiger partial charge in [0.1, 0.15) is 0 Å². The molecule has 1 N–H and O–H groups in total. The van der Waals surface area contributed by atoms with Gasteiger partial charge in [-0.25, -0.2) is 0 Å². The SMILES string of the molecule is Cc1csc(=O)n1CCCC(=O)N1CCN(CCO)CC1. The van der Waals surface area contributed by atoms with Crippen molar-refractivity contribution in [2.75, 3.05) is 39.3 Å². The molecule has 0 aliphatic carbocycles. The lowest BCUT2D eigenvalue weighted by Crippen LogP contribution is -2.49. The largest absolute Gasteiger partial charge is 0.395 e. The molecular formula is C14H23N3O3S. The van der Waals surface area contributed by atoms with Gasteiger partial charge in [-0.1, -0.05) is 11.3 Å². The minimum absolute atomic E-state index is 0.0533. The predicted molar refractivity (Wildman–Crippen MR) is 82.7 cm³/mol. The number of rotatable bonds is 6. The van der Waals surface area contributed by atoms with E-state index in [1.54, 1.807) is 4.57 Å². The van der Waals surface area contributed by atoms with Crippen molar-refractivity contribution in [2.45, 2.75) is 26.3 Å². The maximum Gasteiger partial charge on any atom is 0.307 e. The number of aliphatic hydroxyl groups excluding tert-OH is 1. The van der Waals surface area contributed by atoms with Gasteiger partial charge in [0.2, 0.25) is 5.91 Å². The highest BCUT2D eigenvalue weighted by Crippen LogP contribution is 2.07. The summed E-state index contributed by atoms with van der Waals surface area (Å²) in [6.07, 6.45) is 1.19. The van der Waals surface area contributed by atoms with Crippen molar-refractivity contribution < 1.29 is 9.90 Å². The highest BCUT2D eigenvalue weighted by molar-refractivity contribution is 7.07. The molecule has 0 atom stereocenters. The van der Waals surface area contributed by atoms with E-state index in [-0.39, 0.29) is 17.4 Å². The molecule has 0 radical (unpaired) electrons. The second-order valence-electron chi connectivity index (χ2n) is 5.34. The van der Waals surface area contributed by atoms with Crippen molar-refractivity contribution in [3.63, 3.8) is 0 Å². The van der Waals surface area contributed by atoms with E-state index >= 15 is 0 Å². The van der Waals surface area contributed by atoms with Gasteiger partial charge in [-0.15, -0.1) is 0 Å². The van der Waals surface area contributed by atoms with Crippen LogP contribution in [0.5, 0.6) is 0 Å². The number of aromatic nitrogens is 1. The van der Waals surface area contributed by atoms with Crippen LogP contribution in [0.25, 0.3) is 0 Å². The average molecular weight is 313 g/mol. The molecule has 2 heterocycles. The van der Waals surface area contributed by atoms with E-state index in [0.29, 0.717) is 25.9 Å². The second-order valence-corrected chi connectivity index (χ2v) is 6.16. The standard InChI is InChI=1S/C14H23N3O3S/c1-12-11-21-14(20)17(12)4-2-3-13(19)16-7-5-15(6-8-16)9-10-18/h11,18H,2-10H2,1H3. The van der Waals surface area contributed by atoms with Crippen LogP contribution in [-0.2, 0) is 11.3 Å². The fourth-order valence-corrected chi connectivity index (χ4v) is 3.34. The van der Waals surface area contributed by atoms with Crippen LogP contribution in [-0.4, -0.2) is 64.7 Å². The van der Waals surface area contributed by atoms with E-state index in [2.05, 4.69) is 4.90 Å². The smallest absolute Gasteiger partial charge is 0.307 e. The molecule has 1 aromatic rings. The van der Waals surface area contributed by atoms with Crippen molar-refractivity contribution >= 4 is 17.2 Å². The molecule has 0 spiro atoms. The number of carbonyl (C=O) groups excluding carboxylic acids is 1. The van der Waals surface area contributed by atoms with Crippen LogP contribution in [0.2, 0.25) is 0 Å². The Hall–Kier alpha value is -1.18. The Morgan fingerprint density at radius 1 is 1.29 bits per heavy atom. The predicted octanol–water partition coefficient (Wildman–Crippen LogP) is 0.135. The monoisotopic (exact) mass is 313 g/mol. The van der Waals surface area contributed by atoms with Crippen LogP contribution in [0, 0.1) is 6.92 Å². The van der Waals surface area contributed by atoms with Gasteiger partial charge >= 0.3 is 4.87 Å². The zero-order chi connectivity index (χ0) is 15.2. The lowest BCUT2D eigenvalue weighted by Gasteiger charge is -2.34. The summed E-state index contributed by atoms with van der Waals surface area (Å²) in [5.74, 6) is 0.166. The third-order valence-corrected chi connectivity index (χ3v) is 4.77. The van der Waals surface area contributed by atoms with Gasteiger partial charge in [0, 0.05) is 56.8 Å². The van der Waals surface area contributed by atoms with Crippen molar-refractivity contribution in [3.05, 3.63) is 20.7 Å². The summed E-state index contributed by atoms with van der Waals surface area (Å²) in [6, 6.07) is 0. The number of hydrogen-bond acceptors (Lipinski definition) is 5. The maximum atomic E-state index is 12.1. The van der Waals surface area contributed by atoms with Gasteiger partial charge in [0.05, 0.1) is 6.61 Å². The van der Waals surface area contributed by atoms with Gasteiger partial charge in [0.25, 0.3) is 0 Å². The number of β-amino-alcohol motifs (C(OH)–C–C–N with tert-alkyl or cyclic N) is 1. The van der Waals surface area contributed by atoms with E-state index in [4.69, 9.17) is 5.11 Å². The van der Waals surface area contributed by atoms with Gasteiger partial charge in [-0.05, 0) is 13.3 Å². The van der Waals surface area contributed by atoms with Crippen LogP contribution >= 0.6 is 11.3 Å². The number of piperazine rings is 1. The Balaban J connectivity index is 1.72. The zero-order valence-electron chi connectivity index (χ0n) is 12.5. The summed E-state index contributed by atoms with van der Waals surface area (Å²) < 4.78 is 1.73. The summed E-state index contributed by atoms with van der Waals surface area (Å²) >= 11 is 1.21. The highest BCUT2D eigenvalue weighted by Gasteiger charge is 2.20. The fourth-order valence-electron chi connectivity index (χ4n) is 2.58. The van der Waals surface area contributed by atoms with Gasteiger partial charge in [-0.2, -0.15) is 0 Å². The first-order valence-corrected chi connectivity index (χ1v) is 8.25. The lowest BCUT2D eigenvalue weighted by molar-refractivity contribution is -0.133.